The van der Waals surface area contributed by atoms with Crippen LogP contribution in [0.4, 0.5) is 5.69 Å². The van der Waals surface area contributed by atoms with Gasteiger partial charge in [0.05, 0.1) is 7.11 Å². The number of para-hydroxylation sites is 1. The lowest BCUT2D eigenvalue weighted by atomic mass is 10.1. The van der Waals surface area contributed by atoms with Gasteiger partial charge in [0, 0.05) is 24.3 Å². The number of ether oxygens (including phenoxy) is 1. The minimum absolute atomic E-state index is 0.0428. The van der Waals surface area contributed by atoms with Crippen molar-refractivity contribution in [2.75, 3.05) is 31.6 Å². The second kappa shape index (κ2) is 12.4. The van der Waals surface area contributed by atoms with Crippen molar-refractivity contribution in [3.8, 4) is 5.75 Å². The summed E-state index contributed by atoms with van der Waals surface area (Å²) in [6.45, 7) is 3.77. The van der Waals surface area contributed by atoms with E-state index in [0.717, 1.165) is 57.5 Å². The van der Waals surface area contributed by atoms with Crippen molar-refractivity contribution in [3.63, 3.8) is 0 Å². The van der Waals surface area contributed by atoms with Crippen molar-refractivity contribution < 1.29 is 9.53 Å². The van der Waals surface area contributed by atoms with Crippen LogP contribution in [-0.2, 0) is 13.0 Å². The first kappa shape index (κ1) is 24.0. The number of methoxy groups -OCH3 is 1. The third-order valence-corrected chi connectivity index (χ3v) is 6.63. The molecule has 1 aliphatic rings. The number of nitrogens with zero attached hydrogens (tertiary/aromatic N) is 2. The summed E-state index contributed by atoms with van der Waals surface area (Å²) < 4.78 is 5.37. The Morgan fingerprint density at radius 3 is 2.44 bits per heavy atom. The third-order valence-electron chi connectivity index (χ3n) is 6.63. The van der Waals surface area contributed by atoms with Crippen LogP contribution in [-0.4, -0.2) is 37.6 Å². The standard InChI is InChI=1S/C30H36N2O2/c1-34-28-18-11-17-26(23-28)30(33)32-22-10-3-2-9-20-31(24-27-16-7-8-19-29(27)32)21-12-15-25-13-5-4-6-14-25/h4-8,11,13-14,16-19,23H,2-3,9-10,12,15,20-22,24H2,1H3. The fourth-order valence-corrected chi connectivity index (χ4v) is 4.77. The zero-order chi connectivity index (χ0) is 23.6. The van der Waals surface area contributed by atoms with Gasteiger partial charge in [-0.15, -0.1) is 0 Å². The summed E-state index contributed by atoms with van der Waals surface area (Å²) in [4.78, 5) is 18.2. The van der Waals surface area contributed by atoms with Crippen molar-refractivity contribution in [2.24, 2.45) is 0 Å². The summed E-state index contributed by atoms with van der Waals surface area (Å²) in [6.07, 6.45) is 6.79. The highest BCUT2D eigenvalue weighted by Gasteiger charge is 2.22. The SMILES string of the molecule is COc1cccc(C(=O)N2CCCCCCN(CCCc3ccccc3)Cc3ccccc32)c1. The normalized spacial score (nSPS) is 15.3. The Bertz CT molecular complexity index is 1050. The molecule has 3 aromatic rings. The maximum absolute atomic E-state index is 13.6. The van der Waals surface area contributed by atoms with E-state index in [9.17, 15) is 4.79 Å². The largest absolute Gasteiger partial charge is 0.497 e. The van der Waals surface area contributed by atoms with Crippen LogP contribution in [0.2, 0.25) is 0 Å². The van der Waals surface area contributed by atoms with E-state index in [1.807, 2.05) is 35.2 Å². The smallest absolute Gasteiger partial charge is 0.258 e. The summed E-state index contributed by atoms with van der Waals surface area (Å²) in [5.41, 5.74) is 4.32. The van der Waals surface area contributed by atoms with Gasteiger partial charge in [0.25, 0.3) is 5.91 Å². The molecule has 0 bridgehead atoms. The minimum Gasteiger partial charge on any atom is -0.497 e. The van der Waals surface area contributed by atoms with Gasteiger partial charge in [0.1, 0.15) is 5.75 Å². The predicted octanol–water partition coefficient (Wildman–Crippen LogP) is 6.35. The Morgan fingerprint density at radius 2 is 1.62 bits per heavy atom. The average molecular weight is 457 g/mol. The highest BCUT2D eigenvalue weighted by molar-refractivity contribution is 6.06. The zero-order valence-electron chi connectivity index (χ0n) is 20.3. The number of rotatable bonds is 6. The van der Waals surface area contributed by atoms with E-state index < -0.39 is 0 Å². The molecular weight excluding hydrogens is 420 g/mol. The molecule has 178 valence electrons. The predicted molar refractivity (Wildman–Crippen MR) is 140 cm³/mol. The summed E-state index contributed by atoms with van der Waals surface area (Å²) in [6, 6.07) is 26.7. The first-order chi connectivity index (χ1) is 16.7. The Hall–Kier alpha value is -3.11. The molecule has 0 atom stereocenters. The number of fused-ring (bicyclic) bond motifs is 1. The molecule has 1 heterocycles. The molecule has 0 aromatic heterocycles. The average Bonchev–Trinajstić information content (AvgIpc) is 2.92. The van der Waals surface area contributed by atoms with Gasteiger partial charge in [-0.25, -0.2) is 0 Å². The van der Waals surface area contributed by atoms with Crippen molar-refractivity contribution in [3.05, 3.63) is 95.6 Å². The Morgan fingerprint density at radius 1 is 0.853 bits per heavy atom. The Kier molecular flexibility index (Phi) is 8.75. The third kappa shape index (κ3) is 6.48. The topological polar surface area (TPSA) is 32.8 Å². The van der Waals surface area contributed by atoms with Crippen LogP contribution in [0.15, 0.2) is 78.9 Å². The van der Waals surface area contributed by atoms with Crippen LogP contribution in [0.25, 0.3) is 0 Å². The molecule has 0 fully saturated rings. The molecule has 0 saturated heterocycles. The molecule has 4 nitrogen and oxygen atoms in total. The second-order valence-corrected chi connectivity index (χ2v) is 9.10. The van der Waals surface area contributed by atoms with Gasteiger partial charge in [-0.1, -0.05) is 67.4 Å². The number of hydrogen-bond acceptors (Lipinski definition) is 3. The second-order valence-electron chi connectivity index (χ2n) is 9.10. The van der Waals surface area contributed by atoms with E-state index in [1.165, 1.54) is 24.0 Å². The summed E-state index contributed by atoms with van der Waals surface area (Å²) in [5.74, 6) is 0.753. The van der Waals surface area contributed by atoms with E-state index >= 15 is 0 Å². The van der Waals surface area contributed by atoms with Gasteiger partial charge in [-0.2, -0.15) is 0 Å². The number of aryl methyl sites for hydroxylation is 1. The summed E-state index contributed by atoms with van der Waals surface area (Å²) in [5, 5.41) is 0. The van der Waals surface area contributed by atoms with E-state index in [0.29, 0.717) is 11.3 Å². The van der Waals surface area contributed by atoms with Gasteiger partial charge in [-0.3, -0.25) is 9.69 Å². The van der Waals surface area contributed by atoms with Crippen LogP contribution in [0.1, 0.15) is 53.6 Å². The van der Waals surface area contributed by atoms with Crippen molar-refractivity contribution in [2.45, 2.75) is 45.1 Å². The molecule has 3 aromatic carbocycles. The van der Waals surface area contributed by atoms with Crippen LogP contribution >= 0.6 is 0 Å². The zero-order valence-corrected chi connectivity index (χ0v) is 20.3. The lowest BCUT2D eigenvalue weighted by Gasteiger charge is -2.28. The first-order valence-corrected chi connectivity index (χ1v) is 12.5. The maximum Gasteiger partial charge on any atom is 0.258 e. The maximum atomic E-state index is 13.6. The molecule has 0 radical (unpaired) electrons. The number of carbonyl (C=O) groups is 1. The monoisotopic (exact) mass is 456 g/mol. The van der Waals surface area contributed by atoms with Crippen molar-refractivity contribution in [1.82, 2.24) is 4.90 Å². The molecule has 0 saturated carbocycles. The first-order valence-electron chi connectivity index (χ1n) is 12.5. The van der Waals surface area contributed by atoms with Gasteiger partial charge in [0.2, 0.25) is 0 Å². The highest BCUT2D eigenvalue weighted by atomic mass is 16.5. The number of carbonyl (C=O) groups excluding carboxylic acids is 1. The Labute approximate surface area is 204 Å². The summed E-state index contributed by atoms with van der Waals surface area (Å²) >= 11 is 0. The fourth-order valence-electron chi connectivity index (χ4n) is 4.77. The van der Waals surface area contributed by atoms with Gasteiger partial charge in [0.15, 0.2) is 0 Å². The van der Waals surface area contributed by atoms with Crippen molar-refractivity contribution in [1.29, 1.82) is 0 Å². The van der Waals surface area contributed by atoms with Crippen LogP contribution in [0.3, 0.4) is 0 Å². The molecule has 1 aliphatic heterocycles. The minimum atomic E-state index is 0.0428. The molecule has 4 heteroatoms. The highest BCUT2D eigenvalue weighted by Crippen LogP contribution is 2.27. The van der Waals surface area contributed by atoms with Gasteiger partial charge >= 0.3 is 0 Å². The number of benzene rings is 3. The van der Waals surface area contributed by atoms with E-state index in [2.05, 4.69) is 53.4 Å². The molecule has 0 spiro atoms. The molecule has 0 N–H and O–H groups in total. The van der Waals surface area contributed by atoms with E-state index in [1.54, 1.807) is 7.11 Å². The molecular formula is C30H36N2O2. The molecule has 4 rings (SSSR count). The quantitative estimate of drug-likeness (QED) is 0.433. The fraction of sp³-hybridized carbons (Fsp3) is 0.367. The van der Waals surface area contributed by atoms with E-state index in [-0.39, 0.29) is 5.91 Å². The lowest BCUT2D eigenvalue weighted by molar-refractivity contribution is 0.0986. The number of anilines is 1. The molecule has 0 unspecified atom stereocenters. The van der Waals surface area contributed by atoms with Gasteiger partial charge < -0.3 is 9.64 Å². The van der Waals surface area contributed by atoms with Crippen LogP contribution < -0.4 is 9.64 Å². The lowest BCUT2D eigenvalue weighted by Crippen LogP contribution is -2.33. The molecule has 1 amide bonds. The van der Waals surface area contributed by atoms with Gasteiger partial charge in [-0.05, 0) is 74.2 Å². The van der Waals surface area contributed by atoms with E-state index in [4.69, 9.17) is 4.74 Å². The number of amides is 1. The van der Waals surface area contributed by atoms with Crippen LogP contribution in [0.5, 0.6) is 5.75 Å². The Balaban J connectivity index is 1.54. The number of hydrogen-bond donors (Lipinski definition) is 0. The van der Waals surface area contributed by atoms with Crippen LogP contribution in [0, 0.1) is 0 Å². The molecule has 0 aliphatic carbocycles. The molecule has 34 heavy (non-hydrogen) atoms. The van der Waals surface area contributed by atoms with Crippen molar-refractivity contribution >= 4 is 11.6 Å². The summed E-state index contributed by atoms with van der Waals surface area (Å²) in [7, 11) is 1.64.